The summed E-state index contributed by atoms with van der Waals surface area (Å²) in [6.07, 6.45) is 2.81. The number of carboxylic acid groups (broad SMARTS) is 1. The molecule has 0 aromatic heterocycles. The molecule has 0 bridgehead atoms. The minimum atomic E-state index is -0.960. The number of methoxy groups -OCH3 is 1. The second-order valence-corrected chi connectivity index (χ2v) is 3.92. The molecule has 0 aliphatic carbocycles. The van der Waals surface area contributed by atoms with E-state index in [-0.39, 0.29) is 6.42 Å². The van der Waals surface area contributed by atoms with Gasteiger partial charge in [0.15, 0.2) is 0 Å². The molecule has 5 heteroatoms. The van der Waals surface area contributed by atoms with E-state index in [9.17, 15) is 9.59 Å². The maximum Gasteiger partial charge on any atom is 0.414 e. The molecule has 0 radical (unpaired) electrons. The van der Waals surface area contributed by atoms with Crippen LogP contribution in [0.2, 0.25) is 0 Å². The molecule has 0 saturated carbocycles. The van der Waals surface area contributed by atoms with Crippen LogP contribution in [-0.2, 0) is 9.53 Å². The SMILES string of the molecule is COC(=O)N1c2ccccc2C=CC1CC(=O)O. The van der Waals surface area contributed by atoms with Crippen LogP contribution in [0, 0.1) is 0 Å². The van der Waals surface area contributed by atoms with Crippen LogP contribution in [-0.4, -0.2) is 30.3 Å². The Balaban J connectivity index is 2.41. The minimum Gasteiger partial charge on any atom is -0.481 e. The molecule has 1 heterocycles. The second-order valence-electron chi connectivity index (χ2n) is 3.92. The number of hydrogen-bond acceptors (Lipinski definition) is 3. The van der Waals surface area contributed by atoms with E-state index in [4.69, 9.17) is 9.84 Å². The molecule has 1 N–H and O–H groups in total. The summed E-state index contributed by atoms with van der Waals surface area (Å²) in [7, 11) is 1.28. The minimum absolute atomic E-state index is 0.153. The van der Waals surface area contributed by atoms with Crippen LogP contribution in [0.4, 0.5) is 10.5 Å². The smallest absolute Gasteiger partial charge is 0.414 e. The predicted molar refractivity (Wildman–Crippen MR) is 66.4 cm³/mol. The fourth-order valence-electron chi connectivity index (χ4n) is 2.00. The number of fused-ring (bicyclic) bond motifs is 1. The highest BCUT2D eigenvalue weighted by atomic mass is 16.5. The van der Waals surface area contributed by atoms with Crippen molar-refractivity contribution in [1.82, 2.24) is 0 Å². The third-order valence-electron chi connectivity index (χ3n) is 2.78. The quantitative estimate of drug-likeness (QED) is 0.869. The number of anilines is 1. The third-order valence-corrected chi connectivity index (χ3v) is 2.78. The van der Waals surface area contributed by atoms with Crippen LogP contribution < -0.4 is 4.90 Å². The normalized spacial score (nSPS) is 17.2. The number of hydrogen-bond donors (Lipinski definition) is 1. The molecule has 1 aliphatic heterocycles. The van der Waals surface area contributed by atoms with Crippen molar-refractivity contribution in [1.29, 1.82) is 0 Å². The highest BCUT2D eigenvalue weighted by Crippen LogP contribution is 2.30. The van der Waals surface area contributed by atoms with E-state index in [1.807, 2.05) is 18.2 Å². The summed E-state index contributed by atoms with van der Waals surface area (Å²) in [6, 6.07) is 6.76. The van der Waals surface area contributed by atoms with Crippen LogP contribution in [0.25, 0.3) is 6.08 Å². The van der Waals surface area contributed by atoms with Crippen molar-refractivity contribution in [2.75, 3.05) is 12.0 Å². The Kier molecular flexibility index (Phi) is 3.32. The van der Waals surface area contributed by atoms with Crippen molar-refractivity contribution in [3.05, 3.63) is 35.9 Å². The molecule has 5 nitrogen and oxygen atoms in total. The number of benzene rings is 1. The summed E-state index contributed by atoms with van der Waals surface area (Å²) in [5, 5.41) is 8.87. The van der Waals surface area contributed by atoms with Gasteiger partial charge in [-0.3, -0.25) is 9.69 Å². The Labute approximate surface area is 104 Å². The van der Waals surface area contributed by atoms with E-state index in [1.54, 1.807) is 18.2 Å². The van der Waals surface area contributed by atoms with E-state index in [0.717, 1.165) is 5.56 Å². The highest BCUT2D eigenvalue weighted by Gasteiger charge is 2.29. The van der Waals surface area contributed by atoms with Crippen LogP contribution >= 0.6 is 0 Å². The molecule has 2 rings (SSSR count). The largest absolute Gasteiger partial charge is 0.481 e. The highest BCUT2D eigenvalue weighted by molar-refractivity contribution is 5.94. The van der Waals surface area contributed by atoms with Gasteiger partial charge in [-0.1, -0.05) is 30.4 Å². The summed E-state index contributed by atoms with van der Waals surface area (Å²) < 4.78 is 4.72. The first-order valence-corrected chi connectivity index (χ1v) is 5.49. The molecule has 18 heavy (non-hydrogen) atoms. The first-order chi connectivity index (χ1) is 8.63. The van der Waals surface area contributed by atoms with E-state index in [1.165, 1.54) is 12.0 Å². The summed E-state index contributed by atoms with van der Waals surface area (Å²) in [6.45, 7) is 0. The van der Waals surface area contributed by atoms with Gasteiger partial charge in [-0.05, 0) is 11.6 Å². The number of para-hydroxylation sites is 1. The van der Waals surface area contributed by atoms with Crippen molar-refractivity contribution >= 4 is 23.8 Å². The molecule has 1 aromatic rings. The number of amides is 1. The van der Waals surface area contributed by atoms with Crippen LogP contribution in [0.1, 0.15) is 12.0 Å². The lowest BCUT2D eigenvalue weighted by Crippen LogP contribution is -2.42. The molecular formula is C13H13NO4. The van der Waals surface area contributed by atoms with E-state index in [0.29, 0.717) is 5.69 Å². The van der Waals surface area contributed by atoms with Gasteiger partial charge in [0.05, 0.1) is 25.3 Å². The zero-order valence-electron chi connectivity index (χ0n) is 9.87. The lowest BCUT2D eigenvalue weighted by Gasteiger charge is -2.31. The fraction of sp³-hybridized carbons (Fsp3) is 0.231. The number of rotatable bonds is 2. The topological polar surface area (TPSA) is 66.8 Å². The van der Waals surface area contributed by atoms with E-state index in [2.05, 4.69) is 0 Å². The Hall–Kier alpha value is -2.30. The summed E-state index contributed by atoms with van der Waals surface area (Å²) in [5.74, 6) is -0.960. The summed E-state index contributed by atoms with van der Waals surface area (Å²) in [4.78, 5) is 24.0. The molecule has 94 valence electrons. The number of ether oxygens (including phenoxy) is 1. The second kappa shape index (κ2) is 4.91. The van der Waals surface area contributed by atoms with Gasteiger partial charge in [-0.2, -0.15) is 0 Å². The maximum atomic E-state index is 11.8. The number of carboxylic acids is 1. The average Bonchev–Trinajstić information content (AvgIpc) is 2.37. The zero-order valence-corrected chi connectivity index (χ0v) is 9.87. The van der Waals surface area contributed by atoms with Crippen LogP contribution in [0.3, 0.4) is 0 Å². The summed E-state index contributed by atoms with van der Waals surface area (Å²) in [5.41, 5.74) is 1.53. The maximum absolute atomic E-state index is 11.8. The monoisotopic (exact) mass is 247 g/mol. The lowest BCUT2D eigenvalue weighted by atomic mass is 10.0. The molecule has 1 aliphatic rings. The van der Waals surface area contributed by atoms with Crippen molar-refractivity contribution < 1.29 is 19.4 Å². The molecule has 0 saturated heterocycles. The van der Waals surface area contributed by atoms with Gasteiger partial charge in [-0.25, -0.2) is 4.79 Å². The molecular weight excluding hydrogens is 234 g/mol. The van der Waals surface area contributed by atoms with Crippen molar-refractivity contribution in [3.8, 4) is 0 Å². The first-order valence-electron chi connectivity index (χ1n) is 5.49. The van der Waals surface area contributed by atoms with E-state index < -0.39 is 18.1 Å². The molecule has 0 spiro atoms. The van der Waals surface area contributed by atoms with Gasteiger partial charge in [0, 0.05) is 0 Å². The van der Waals surface area contributed by atoms with Crippen molar-refractivity contribution in [2.45, 2.75) is 12.5 Å². The van der Waals surface area contributed by atoms with E-state index >= 15 is 0 Å². The van der Waals surface area contributed by atoms with Gasteiger partial charge < -0.3 is 9.84 Å². The standard InChI is InChI=1S/C13H13NO4/c1-18-13(17)14-10(8-12(15)16)7-6-9-4-2-3-5-11(9)14/h2-7,10H,8H2,1H3,(H,15,16). The summed E-state index contributed by atoms with van der Waals surface area (Å²) >= 11 is 0. The van der Waals surface area contributed by atoms with Crippen LogP contribution in [0.5, 0.6) is 0 Å². The first kappa shape index (κ1) is 12.2. The van der Waals surface area contributed by atoms with Gasteiger partial charge in [0.25, 0.3) is 0 Å². The number of carbonyl (C=O) groups excluding carboxylic acids is 1. The lowest BCUT2D eigenvalue weighted by molar-refractivity contribution is -0.137. The van der Waals surface area contributed by atoms with Crippen molar-refractivity contribution in [3.63, 3.8) is 0 Å². The van der Waals surface area contributed by atoms with Crippen LogP contribution in [0.15, 0.2) is 30.3 Å². The Morgan fingerprint density at radius 3 is 2.78 bits per heavy atom. The predicted octanol–water partition coefficient (Wildman–Crippen LogP) is 2.13. The van der Waals surface area contributed by atoms with Gasteiger partial charge >= 0.3 is 12.1 Å². The number of nitrogens with zero attached hydrogens (tertiary/aromatic N) is 1. The van der Waals surface area contributed by atoms with Gasteiger partial charge in [0.1, 0.15) is 0 Å². The molecule has 0 fully saturated rings. The van der Waals surface area contributed by atoms with Gasteiger partial charge in [0.2, 0.25) is 0 Å². The molecule has 1 unspecified atom stereocenters. The number of carbonyl (C=O) groups is 2. The third kappa shape index (κ3) is 2.20. The Morgan fingerprint density at radius 2 is 2.11 bits per heavy atom. The zero-order chi connectivity index (χ0) is 13.1. The number of aliphatic carboxylic acids is 1. The molecule has 1 aromatic carbocycles. The average molecular weight is 247 g/mol. The molecule has 1 amide bonds. The Morgan fingerprint density at radius 1 is 1.39 bits per heavy atom. The van der Waals surface area contributed by atoms with Gasteiger partial charge in [-0.15, -0.1) is 0 Å². The Bertz CT molecular complexity index is 509. The molecule has 1 atom stereocenters. The fourth-order valence-corrected chi connectivity index (χ4v) is 2.00. The van der Waals surface area contributed by atoms with Crippen molar-refractivity contribution in [2.24, 2.45) is 0 Å².